The third-order valence-corrected chi connectivity index (χ3v) is 4.41. The van der Waals surface area contributed by atoms with Gasteiger partial charge in [0.05, 0.1) is 13.2 Å². The van der Waals surface area contributed by atoms with Gasteiger partial charge in [0, 0.05) is 36.7 Å². The Bertz CT molecular complexity index is 554. The highest BCUT2D eigenvalue weighted by molar-refractivity contribution is 7.09. The third-order valence-electron chi connectivity index (χ3n) is 3.74. The number of morpholine rings is 1. The van der Waals surface area contributed by atoms with Gasteiger partial charge in [0.1, 0.15) is 0 Å². The van der Waals surface area contributed by atoms with E-state index in [1.165, 1.54) is 18.0 Å². The first-order chi connectivity index (χ1) is 10.9. The molecule has 1 N–H and O–H groups in total. The summed E-state index contributed by atoms with van der Waals surface area (Å²) >= 11 is 1.43. The number of nitrogens with zero attached hydrogens (tertiary/aromatic N) is 3. The fourth-order valence-electron chi connectivity index (χ4n) is 2.48. The Morgan fingerprint density at radius 2 is 1.95 bits per heavy atom. The van der Waals surface area contributed by atoms with Crippen molar-refractivity contribution < 1.29 is 4.74 Å². The quantitative estimate of drug-likeness (QED) is 0.796. The Balaban J connectivity index is 1.36. The van der Waals surface area contributed by atoms with Crippen LogP contribution in [0.4, 0.5) is 5.13 Å². The highest BCUT2D eigenvalue weighted by Crippen LogP contribution is 2.20. The van der Waals surface area contributed by atoms with Gasteiger partial charge in [0.15, 0.2) is 5.82 Å². The van der Waals surface area contributed by atoms with Gasteiger partial charge in [-0.2, -0.15) is 9.36 Å². The second-order valence-corrected chi connectivity index (χ2v) is 6.13. The molecule has 0 unspecified atom stereocenters. The number of aromatic nitrogens is 2. The topological polar surface area (TPSA) is 50.3 Å². The van der Waals surface area contributed by atoms with E-state index in [0.29, 0.717) is 0 Å². The van der Waals surface area contributed by atoms with Crippen molar-refractivity contribution in [2.75, 3.05) is 44.7 Å². The zero-order valence-corrected chi connectivity index (χ0v) is 13.5. The lowest BCUT2D eigenvalue weighted by molar-refractivity contribution is 0.0373. The molecule has 1 aliphatic heterocycles. The van der Waals surface area contributed by atoms with E-state index in [-0.39, 0.29) is 0 Å². The van der Waals surface area contributed by atoms with Crippen molar-refractivity contribution in [2.24, 2.45) is 0 Å². The Labute approximate surface area is 135 Å². The molecular weight excluding hydrogens is 296 g/mol. The lowest BCUT2D eigenvalue weighted by atomic mass is 10.2. The minimum absolute atomic E-state index is 0.807. The minimum Gasteiger partial charge on any atom is -0.379 e. The summed E-state index contributed by atoms with van der Waals surface area (Å²) in [6, 6.07) is 10.1. The summed E-state index contributed by atoms with van der Waals surface area (Å²) in [5.41, 5.74) is 1.07. The second kappa shape index (κ2) is 8.22. The Hall–Kier alpha value is -1.50. The average Bonchev–Trinajstić information content (AvgIpc) is 3.05. The molecule has 0 amide bonds. The molecule has 1 aliphatic rings. The van der Waals surface area contributed by atoms with Crippen LogP contribution < -0.4 is 5.32 Å². The van der Waals surface area contributed by atoms with Crippen LogP contribution in [0.1, 0.15) is 12.8 Å². The number of unbranched alkanes of at least 4 members (excludes halogenated alkanes) is 1. The van der Waals surface area contributed by atoms with Crippen LogP contribution >= 0.6 is 11.5 Å². The molecule has 22 heavy (non-hydrogen) atoms. The maximum atomic E-state index is 5.36. The molecule has 1 aromatic carbocycles. The molecule has 0 radical (unpaired) electrons. The molecular formula is C16H22N4OS. The monoisotopic (exact) mass is 318 g/mol. The van der Waals surface area contributed by atoms with Gasteiger partial charge in [-0.3, -0.25) is 4.90 Å². The molecule has 0 atom stereocenters. The van der Waals surface area contributed by atoms with Gasteiger partial charge in [-0.15, -0.1) is 0 Å². The molecule has 1 saturated heterocycles. The van der Waals surface area contributed by atoms with Crippen molar-refractivity contribution in [2.45, 2.75) is 12.8 Å². The number of nitrogens with one attached hydrogen (secondary N) is 1. The van der Waals surface area contributed by atoms with Gasteiger partial charge in [-0.25, -0.2) is 0 Å². The largest absolute Gasteiger partial charge is 0.379 e. The smallest absolute Gasteiger partial charge is 0.202 e. The lowest BCUT2D eigenvalue weighted by Crippen LogP contribution is -2.36. The van der Waals surface area contributed by atoms with E-state index in [4.69, 9.17) is 4.74 Å². The van der Waals surface area contributed by atoms with E-state index in [9.17, 15) is 0 Å². The van der Waals surface area contributed by atoms with Gasteiger partial charge >= 0.3 is 0 Å². The molecule has 2 heterocycles. The van der Waals surface area contributed by atoms with Gasteiger partial charge in [0.2, 0.25) is 5.13 Å². The molecule has 0 bridgehead atoms. The molecule has 5 nitrogen and oxygen atoms in total. The van der Waals surface area contributed by atoms with E-state index in [1.807, 2.05) is 30.3 Å². The molecule has 0 spiro atoms. The number of ether oxygens (including phenoxy) is 1. The zero-order valence-electron chi connectivity index (χ0n) is 12.7. The maximum Gasteiger partial charge on any atom is 0.202 e. The summed E-state index contributed by atoms with van der Waals surface area (Å²) in [7, 11) is 0. The van der Waals surface area contributed by atoms with E-state index in [1.54, 1.807) is 0 Å². The Kier molecular flexibility index (Phi) is 5.75. The Morgan fingerprint density at radius 1 is 1.14 bits per heavy atom. The molecule has 1 fully saturated rings. The first-order valence-electron chi connectivity index (χ1n) is 7.85. The standard InChI is InChI=1S/C16H22N4OS/c1-2-6-14(7-3-1)15-18-16(22-19-15)17-8-4-5-9-20-10-12-21-13-11-20/h1-3,6-7H,4-5,8-13H2,(H,17,18,19). The molecule has 6 heteroatoms. The summed E-state index contributed by atoms with van der Waals surface area (Å²) in [6.07, 6.45) is 2.36. The predicted molar refractivity (Wildman–Crippen MR) is 90.3 cm³/mol. The molecule has 0 saturated carbocycles. The average molecular weight is 318 g/mol. The second-order valence-electron chi connectivity index (χ2n) is 5.38. The van der Waals surface area contributed by atoms with Crippen LogP contribution in [0.5, 0.6) is 0 Å². The van der Waals surface area contributed by atoms with Crippen molar-refractivity contribution in [3.63, 3.8) is 0 Å². The first kappa shape index (κ1) is 15.4. The van der Waals surface area contributed by atoms with Crippen molar-refractivity contribution in [1.82, 2.24) is 14.3 Å². The fraction of sp³-hybridized carbons (Fsp3) is 0.500. The predicted octanol–water partition coefficient (Wildman–Crippen LogP) is 2.73. The Morgan fingerprint density at radius 3 is 2.77 bits per heavy atom. The molecule has 2 aromatic rings. The normalized spacial score (nSPS) is 15.8. The van der Waals surface area contributed by atoms with E-state index in [0.717, 1.165) is 62.3 Å². The first-order valence-corrected chi connectivity index (χ1v) is 8.62. The van der Waals surface area contributed by atoms with E-state index in [2.05, 4.69) is 19.6 Å². The van der Waals surface area contributed by atoms with Gasteiger partial charge < -0.3 is 10.1 Å². The highest BCUT2D eigenvalue weighted by atomic mass is 32.1. The SMILES string of the molecule is c1ccc(-c2nsc(NCCCCN3CCOCC3)n2)cc1. The maximum absolute atomic E-state index is 5.36. The number of hydrogen-bond acceptors (Lipinski definition) is 6. The van der Waals surface area contributed by atoms with Crippen molar-refractivity contribution in [3.8, 4) is 11.4 Å². The van der Waals surface area contributed by atoms with Crippen molar-refractivity contribution in [3.05, 3.63) is 30.3 Å². The van der Waals surface area contributed by atoms with Gasteiger partial charge in [-0.05, 0) is 19.4 Å². The van der Waals surface area contributed by atoms with Crippen LogP contribution in [0.25, 0.3) is 11.4 Å². The van der Waals surface area contributed by atoms with Crippen LogP contribution in [-0.2, 0) is 4.74 Å². The van der Waals surface area contributed by atoms with Crippen molar-refractivity contribution >= 4 is 16.7 Å². The summed E-state index contributed by atoms with van der Waals surface area (Å²) in [5.74, 6) is 0.807. The number of hydrogen-bond donors (Lipinski definition) is 1. The lowest BCUT2D eigenvalue weighted by Gasteiger charge is -2.26. The third kappa shape index (κ3) is 4.50. The van der Waals surface area contributed by atoms with Gasteiger partial charge in [-0.1, -0.05) is 30.3 Å². The summed E-state index contributed by atoms with van der Waals surface area (Å²) in [4.78, 5) is 7.01. The van der Waals surface area contributed by atoms with Crippen LogP contribution in [0.15, 0.2) is 30.3 Å². The highest BCUT2D eigenvalue weighted by Gasteiger charge is 2.09. The van der Waals surface area contributed by atoms with Crippen LogP contribution in [0.3, 0.4) is 0 Å². The van der Waals surface area contributed by atoms with E-state index < -0.39 is 0 Å². The fourth-order valence-corrected chi connectivity index (χ4v) is 3.09. The number of anilines is 1. The molecule has 0 aliphatic carbocycles. The van der Waals surface area contributed by atoms with Crippen LogP contribution in [-0.4, -0.2) is 53.7 Å². The number of benzene rings is 1. The zero-order chi connectivity index (χ0) is 15.0. The minimum atomic E-state index is 0.807. The molecule has 118 valence electrons. The van der Waals surface area contributed by atoms with Crippen molar-refractivity contribution in [1.29, 1.82) is 0 Å². The molecule has 1 aromatic heterocycles. The van der Waals surface area contributed by atoms with Crippen LogP contribution in [0.2, 0.25) is 0 Å². The van der Waals surface area contributed by atoms with Gasteiger partial charge in [0.25, 0.3) is 0 Å². The summed E-state index contributed by atoms with van der Waals surface area (Å²) < 4.78 is 9.76. The number of rotatable bonds is 7. The molecule has 3 rings (SSSR count). The van der Waals surface area contributed by atoms with Crippen LogP contribution in [0, 0.1) is 0 Å². The summed E-state index contributed by atoms with van der Waals surface area (Å²) in [5, 5.41) is 4.28. The summed E-state index contributed by atoms with van der Waals surface area (Å²) in [6.45, 7) is 6.02. The van der Waals surface area contributed by atoms with E-state index >= 15 is 0 Å².